The zero-order valence-electron chi connectivity index (χ0n) is 20.4. The van der Waals surface area contributed by atoms with E-state index in [0.29, 0.717) is 22.6 Å². The SMILES string of the molecule is CCCCC[C@@H](Oc1ccc(C(=O)NCCC(=O)O)cc1)c1ccc(-c2cccc(C(F)(F)F)c2)nc1. The van der Waals surface area contributed by atoms with Crippen LogP contribution in [0.2, 0.25) is 0 Å². The van der Waals surface area contributed by atoms with Crippen LogP contribution in [0.25, 0.3) is 11.3 Å². The Balaban J connectivity index is 1.73. The van der Waals surface area contributed by atoms with Gasteiger partial charge in [0.2, 0.25) is 0 Å². The molecular formula is C28H29F3N2O4. The summed E-state index contributed by atoms with van der Waals surface area (Å²) < 4.78 is 45.4. The molecule has 2 N–H and O–H groups in total. The van der Waals surface area contributed by atoms with Gasteiger partial charge in [0.15, 0.2) is 0 Å². The van der Waals surface area contributed by atoms with Crippen LogP contribution in [0.3, 0.4) is 0 Å². The molecule has 37 heavy (non-hydrogen) atoms. The van der Waals surface area contributed by atoms with Crippen molar-refractivity contribution in [1.29, 1.82) is 0 Å². The number of unbranched alkanes of at least 4 members (excludes halogenated alkanes) is 2. The van der Waals surface area contributed by atoms with E-state index >= 15 is 0 Å². The third kappa shape index (κ3) is 8.34. The molecule has 9 heteroatoms. The number of amides is 1. The molecule has 3 aromatic rings. The summed E-state index contributed by atoms with van der Waals surface area (Å²) in [5.41, 5.74) is 1.26. The number of rotatable bonds is 12. The number of halogens is 3. The molecule has 1 aromatic heterocycles. The van der Waals surface area contributed by atoms with Gasteiger partial charge in [-0.3, -0.25) is 14.6 Å². The van der Waals surface area contributed by atoms with Gasteiger partial charge in [-0.1, -0.05) is 38.0 Å². The molecule has 1 heterocycles. The quantitative estimate of drug-likeness (QED) is 0.264. The summed E-state index contributed by atoms with van der Waals surface area (Å²) in [5.74, 6) is -0.817. The highest BCUT2D eigenvalue weighted by molar-refractivity contribution is 5.94. The lowest BCUT2D eigenvalue weighted by Crippen LogP contribution is -2.25. The highest BCUT2D eigenvalue weighted by atomic mass is 19.4. The Labute approximate surface area is 213 Å². The minimum atomic E-state index is -4.43. The van der Waals surface area contributed by atoms with Crippen molar-refractivity contribution in [3.63, 3.8) is 0 Å². The molecule has 0 radical (unpaired) electrons. The van der Waals surface area contributed by atoms with Gasteiger partial charge in [-0.05, 0) is 55.3 Å². The molecule has 0 unspecified atom stereocenters. The summed E-state index contributed by atoms with van der Waals surface area (Å²) in [6.07, 6.45) is 0.392. The van der Waals surface area contributed by atoms with Crippen LogP contribution in [0.4, 0.5) is 13.2 Å². The smallest absolute Gasteiger partial charge is 0.416 e. The minimum absolute atomic E-state index is 0.0371. The van der Waals surface area contributed by atoms with Gasteiger partial charge in [-0.15, -0.1) is 0 Å². The number of benzene rings is 2. The van der Waals surface area contributed by atoms with E-state index in [2.05, 4.69) is 17.2 Å². The molecule has 0 fully saturated rings. The Kier molecular flexibility index (Phi) is 9.65. The van der Waals surface area contributed by atoms with Crippen LogP contribution < -0.4 is 10.1 Å². The number of ether oxygens (including phenoxy) is 1. The molecule has 3 rings (SSSR count). The van der Waals surface area contributed by atoms with Gasteiger partial charge in [0.25, 0.3) is 5.91 Å². The van der Waals surface area contributed by atoms with Gasteiger partial charge in [-0.25, -0.2) is 0 Å². The molecule has 0 saturated carbocycles. The summed E-state index contributed by atoms with van der Waals surface area (Å²) in [7, 11) is 0. The van der Waals surface area contributed by atoms with Crippen molar-refractivity contribution in [3.05, 3.63) is 83.6 Å². The fraction of sp³-hybridized carbons (Fsp3) is 0.321. The van der Waals surface area contributed by atoms with E-state index in [1.807, 2.05) is 6.07 Å². The van der Waals surface area contributed by atoms with Gasteiger partial charge < -0.3 is 15.2 Å². The Morgan fingerprint density at radius 1 is 1.05 bits per heavy atom. The summed E-state index contributed by atoms with van der Waals surface area (Å²) in [5, 5.41) is 11.2. The highest BCUT2D eigenvalue weighted by Crippen LogP contribution is 2.32. The first-order valence-corrected chi connectivity index (χ1v) is 12.1. The zero-order chi connectivity index (χ0) is 26.8. The number of carboxylic acids is 1. The van der Waals surface area contributed by atoms with Crippen molar-refractivity contribution in [2.45, 2.75) is 51.3 Å². The van der Waals surface area contributed by atoms with Crippen LogP contribution in [-0.4, -0.2) is 28.5 Å². The standard InChI is InChI=1S/C28H29F3N2O4/c1-2-3-4-8-25(37-23-12-9-19(10-13-23)27(36)32-16-15-26(34)35)21-11-14-24(33-18-21)20-6-5-7-22(17-20)28(29,30)31/h5-7,9-14,17-18,25H,2-4,8,15-16H2,1H3,(H,32,36)(H,34,35)/t25-/m1/s1. The van der Waals surface area contributed by atoms with Gasteiger partial charge in [0, 0.05) is 29.4 Å². The van der Waals surface area contributed by atoms with E-state index < -0.39 is 17.7 Å². The van der Waals surface area contributed by atoms with E-state index in [-0.39, 0.29) is 25.0 Å². The molecule has 0 aliphatic rings. The first-order valence-electron chi connectivity index (χ1n) is 12.1. The van der Waals surface area contributed by atoms with E-state index in [1.165, 1.54) is 6.07 Å². The molecule has 0 saturated heterocycles. The number of hydrogen-bond donors (Lipinski definition) is 2. The average molecular weight is 515 g/mol. The molecule has 0 bridgehead atoms. The van der Waals surface area contributed by atoms with Crippen LogP contribution in [0, 0.1) is 0 Å². The molecule has 0 spiro atoms. The normalized spacial score (nSPS) is 12.1. The lowest BCUT2D eigenvalue weighted by Gasteiger charge is -2.20. The Bertz CT molecular complexity index is 1180. The monoisotopic (exact) mass is 514 g/mol. The molecule has 1 amide bonds. The van der Waals surface area contributed by atoms with Gasteiger partial charge >= 0.3 is 12.1 Å². The van der Waals surface area contributed by atoms with Crippen molar-refractivity contribution in [1.82, 2.24) is 10.3 Å². The number of pyridine rings is 1. The molecule has 196 valence electrons. The van der Waals surface area contributed by atoms with E-state index in [9.17, 15) is 22.8 Å². The maximum absolute atomic E-state index is 13.1. The van der Waals surface area contributed by atoms with Crippen molar-refractivity contribution in [3.8, 4) is 17.0 Å². The van der Waals surface area contributed by atoms with Crippen LogP contribution in [0.5, 0.6) is 5.75 Å². The number of carbonyl (C=O) groups is 2. The summed E-state index contributed by atoms with van der Waals surface area (Å²) in [6.45, 7) is 2.14. The van der Waals surface area contributed by atoms with Gasteiger partial charge in [0.1, 0.15) is 11.9 Å². The molecule has 0 aliphatic heterocycles. The third-order valence-electron chi connectivity index (χ3n) is 5.73. The maximum Gasteiger partial charge on any atom is 0.416 e. The van der Waals surface area contributed by atoms with Crippen LogP contribution in [0.1, 0.15) is 66.6 Å². The predicted molar refractivity (Wildman–Crippen MR) is 133 cm³/mol. The zero-order valence-corrected chi connectivity index (χ0v) is 20.4. The number of alkyl halides is 3. The van der Waals surface area contributed by atoms with Crippen molar-refractivity contribution >= 4 is 11.9 Å². The molecule has 1 atom stereocenters. The van der Waals surface area contributed by atoms with Crippen LogP contribution in [-0.2, 0) is 11.0 Å². The summed E-state index contributed by atoms with van der Waals surface area (Å²) in [4.78, 5) is 27.2. The number of nitrogens with one attached hydrogen (secondary N) is 1. The number of carbonyl (C=O) groups excluding carboxylic acids is 1. The fourth-order valence-corrected chi connectivity index (χ4v) is 3.73. The second-order valence-corrected chi connectivity index (χ2v) is 8.58. The summed E-state index contributed by atoms with van der Waals surface area (Å²) >= 11 is 0. The molecule has 2 aromatic carbocycles. The molecular weight excluding hydrogens is 485 g/mol. The van der Waals surface area contributed by atoms with E-state index in [0.717, 1.165) is 43.4 Å². The first kappa shape index (κ1) is 27.7. The Hall–Kier alpha value is -3.88. The molecule has 0 aliphatic carbocycles. The second-order valence-electron chi connectivity index (χ2n) is 8.58. The predicted octanol–water partition coefficient (Wildman–Crippen LogP) is 6.67. The largest absolute Gasteiger partial charge is 0.486 e. The Morgan fingerprint density at radius 3 is 2.43 bits per heavy atom. The van der Waals surface area contributed by atoms with Crippen molar-refractivity contribution in [2.75, 3.05) is 6.54 Å². The number of hydrogen-bond acceptors (Lipinski definition) is 4. The highest BCUT2D eigenvalue weighted by Gasteiger charge is 2.30. The topological polar surface area (TPSA) is 88.5 Å². The second kappa shape index (κ2) is 12.9. The van der Waals surface area contributed by atoms with E-state index in [1.54, 1.807) is 42.6 Å². The molecule has 6 nitrogen and oxygen atoms in total. The fourth-order valence-electron chi connectivity index (χ4n) is 3.73. The van der Waals surface area contributed by atoms with E-state index in [4.69, 9.17) is 9.84 Å². The van der Waals surface area contributed by atoms with Crippen molar-refractivity contribution < 1.29 is 32.6 Å². The summed E-state index contributed by atoms with van der Waals surface area (Å²) in [6, 6.07) is 15.1. The Morgan fingerprint density at radius 2 is 1.81 bits per heavy atom. The maximum atomic E-state index is 13.1. The lowest BCUT2D eigenvalue weighted by molar-refractivity contribution is -0.138. The number of aromatic nitrogens is 1. The average Bonchev–Trinajstić information content (AvgIpc) is 2.88. The van der Waals surface area contributed by atoms with Gasteiger partial charge in [0.05, 0.1) is 17.7 Å². The number of carboxylic acid groups (broad SMARTS) is 1. The third-order valence-corrected chi connectivity index (χ3v) is 5.73. The van der Waals surface area contributed by atoms with Crippen LogP contribution in [0.15, 0.2) is 66.9 Å². The van der Waals surface area contributed by atoms with Crippen molar-refractivity contribution in [2.24, 2.45) is 0 Å². The number of aliphatic carboxylic acids is 1. The van der Waals surface area contributed by atoms with Gasteiger partial charge in [-0.2, -0.15) is 13.2 Å². The van der Waals surface area contributed by atoms with Crippen LogP contribution >= 0.6 is 0 Å². The number of nitrogens with zero attached hydrogens (tertiary/aromatic N) is 1. The minimum Gasteiger partial charge on any atom is -0.486 e. The first-order chi connectivity index (χ1) is 17.7. The lowest BCUT2D eigenvalue weighted by atomic mass is 10.0.